The van der Waals surface area contributed by atoms with E-state index in [0.29, 0.717) is 23.8 Å². The highest BCUT2D eigenvalue weighted by atomic mass is 19.1. The lowest BCUT2D eigenvalue weighted by molar-refractivity contribution is 0.200. The number of allylic oxidation sites excluding steroid dienone is 6. The number of nitrogens with one attached hydrogen (secondary N) is 1. The first-order valence-corrected chi connectivity index (χ1v) is 12.3. The summed E-state index contributed by atoms with van der Waals surface area (Å²) in [5, 5.41) is 10.6. The van der Waals surface area contributed by atoms with Crippen molar-refractivity contribution in [3.05, 3.63) is 60.8 Å². The van der Waals surface area contributed by atoms with E-state index in [0.717, 1.165) is 43.6 Å². The van der Waals surface area contributed by atoms with E-state index < -0.39 is 0 Å². The molecule has 0 radical (unpaired) electrons. The highest BCUT2D eigenvalue weighted by molar-refractivity contribution is 5.94. The maximum absolute atomic E-state index is 13.2. The third-order valence-corrected chi connectivity index (χ3v) is 7.03. The summed E-state index contributed by atoms with van der Waals surface area (Å²) in [7, 11) is 0. The van der Waals surface area contributed by atoms with Gasteiger partial charge in [-0.1, -0.05) is 38.2 Å². The first-order chi connectivity index (χ1) is 15.8. The van der Waals surface area contributed by atoms with Crippen LogP contribution in [0.4, 0.5) is 4.39 Å². The van der Waals surface area contributed by atoms with Gasteiger partial charge in [0.15, 0.2) is 0 Å². The van der Waals surface area contributed by atoms with Crippen LogP contribution < -0.4 is 5.32 Å². The molecule has 0 aromatic rings. The van der Waals surface area contributed by atoms with Crippen LogP contribution in [-0.4, -0.2) is 35.6 Å². The Balaban J connectivity index is 2.14. The van der Waals surface area contributed by atoms with Gasteiger partial charge in [0, 0.05) is 48.7 Å². The largest absolute Gasteiger partial charge is 0.314 e. The number of rotatable bonds is 10. The molecule has 1 aliphatic heterocycles. The second-order valence-electron chi connectivity index (χ2n) is 9.44. The van der Waals surface area contributed by atoms with Crippen molar-refractivity contribution in [2.75, 3.05) is 6.54 Å². The maximum atomic E-state index is 13.2. The standard InChI is InChI=1S/C28H43FN4/c1-8-24-18-25-19-32-33(22(6)13-12-21(5)29)28(25)17-20(4)11-14-27(24)23(7)31-16-15-26(9-2)30-10-3/h9-10,12-13,17,19,23-25,27-28,31H,2-3,8,11,14-16,18H2,1,4-7H3/b20-17+,21-12+,22-13+,30-26?/t23?,24-,25?,27?,28?/m0/s1. The third-order valence-electron chi connectivity index (χ3n) is 7.03. The molecule has 182 valence electrons. The van der Waals surface area contributed by atoms with Crippen LogP contribution in [0.3, 0.4) is 0 Å². The minimum Gasteiger partial charge on any atom is -0.314 e. The molecule has 1 N–H and O–H groups in total. The summed E-state index contributed by atoms with van der Waals surface area (Å²) in [5.74, 6) is 1.38. The molecule has 5 heteroatoms. The first-order valence-electron chi connectivity index (χ1n) is 12.3. The second kappa shape index (κ2) is 13.4. The van der Waals surface area contributed by atoms with Crippen molar-refractivity contribution in [1.29, 1.82) is 0 Å². The van der Waals surface area contributed by atoms with Crippen molar-refractivity contribution in [2.45, 2.75) is 78.8 Å². The van der Waals surface area contributed by atoms with Gasteiger partial charge < -0.3 is 5.32 Å². The summed E-state index contributed by atoms with van der Waals surface area (Å²) >= 11 is 0. The fourth-order valence-corrected chi connectivity index (χ4v) is 5.11. The van der Waals surface area contributed by atoms with E-state index in [4.69, 9.17) is 5.10 Å². The zero-order chi connectivity index (χ0) is 24.4. The molecule has 0 spiro atoms. The molecule has 2 rings (SSSR count). The van der Waals surface area contributed by atoms with E-state index in [1.165, 1.54) is 25.0 Å². The summed E-state index contributed by atoms with van der Waals surface area (Å²) in [4.78, 5) is 4.28. The average molecular weight is 455 g/mol. The first kappa shape index (κ1) is 27.0. The molecule has 0 bridgehead atoms. The quantitative estimate of drug-likeness (QED) is 0.220. The van der Waals surface area contributed by atoms with E-state index >= 15 is 0 Å². The fraction of sp³-hybridized carbons (Fsp3) is 0.571. The van der Waals surface area contributed by atoms with E-state index in [9.17, 15) is 4.39 Å². The Morgan fingerprint density at radius 1 is 1.36 bits per heavy atom. The monoisotopic (exact) mass is 454 g/mol. The van der Waals surface area contributed by atoms with Crippen LogP contribution in [0, 0.1) is 17.8 Å². The van der Waals surface area contributed by atoms with Crippen LogP contribution in [0.5, 0.6) is 0 Å². The zero-order valence-corrected chi connectivity index (χ0v) is 21.2. The van der Waals surface area contributed by atoms with E-state index in [-0.39, 0.29) is 11.9 Å². The average Bonchev–Trinajstić information content (AvgIpc) is 3.19. The number of hydrogen-bond acceptors (Lipinski definition) is 4. The molecular weight excluding hydrogens is 411 g/mol. The predicted molar refractivity (Wildman–Crippen MR) is 141 cm³/mol. The molecule has 0 aromatic carbocycles. The zero-order valence-electron chi connectivity index (χ0n) is 21.2. The van der Waals surface area contributed by atoms with Crippen LogP contribution in [0.25, 0.3) is 0 Å². The van der Waals surface area contributed by atoms with Crippen molar-refractivity contribution in [3.8, 4) is 0 Å². The summed E-state index contributed by atoms with van der Waals surface area (Å²) < 4.78 is 13.2. The molecule has 4 unspecified atom stereocenters. The maximum Gasteiger partial charge on any atom is 0.0969 e. The number of hydrogen-bond donors (Lipinski definition) is 1. The molecule has 5 atom stereocenters. The molecule has 0 saturated carbocycles. The van der Waals surface area contributed by atoms with Gasteiger partial charge in [0.2, 0.25) is 0 Å². The van der Waals surface area contributed by atoms with Gasteiger partial charge in [-0.25, -0.2) is 4.39 Å². The number of hydrazone groups is 1. The normalized spacial score (nSPS) is 29.5. The Kier molecular flexibility index (Phi) is 11.0. The van der Waals surface area contributed by atoms with E-state index in [1.807, 2.05) is 19.1 Å². The number of nitrogens with zero attached hydrogens (tertiary/aromatic N) is 3. The molecule has 0 amide bonds. The Bertz CT molecular complexity index is 816. The molecule has 0 saturated heterocycles. The second-order valence-corrected chi connectivity index (χ2v) is 9.44. The predicted octanol–water partition coefficient (Wildman–Crippen LogP) is 6.96. The smallest absolute Gasteiger partial charge is 0.0969 e. The van der Waals surface area contributed by atoms with Gasteiger partial charge in [0.05, 0.1) is 11.9 Å². The summed E-state index contributed by atoms with van der Waals surface area (Å²) in [6, 6.07) is 0.624. The topological polar surface area (TPSA) is 40.0 Å². The van der Waals surface area contributed by atoms with Crippen molar-refractivity contribution < 1.29 is 4.39 Å². The van der Waals surface area contributed by atoms with Gasteiger partial charge in [0.1, 0.15) is 0 Å². The highest BCUT2D eigenvalue weighted by Gasteiger charge is 2.36. The Hall–Kier alpha value is -2.27. The molecule has 0 fully saturated rings. The van der Waals surface area contributed by atoms with Gasteiger partial charge in [-0.2, -0.15) is 5.10 Å². The van der Waals surface area contributed by atoms with Gasteiger partial charge in [-0.05, 0) is 77.0 Å². The number of halogens is 1. The third kappa shape index (κ3) is 7.92. The molecule has 1 heterocycles. The van der Waals surface area contributed by atoms with Gasteiger partial charge in [-0.3, -0.25) is 10.0 Å². The van der Waals surface area contributed by atoms with Crippen LogP contribution in [0.15, 0.2) is 70.9 Å². The molecule has 33 heavy (non-hydrogen) atoms. The summed E-state index contributed by atoms with van der Waals surface area (Å²) in [6.45, 7) is 18.8. The summed E-state index contributed by atoms with van der Waals surface area (Å²) in [5.41, 5.74) is 3.35. The Morgan fingerprint density at radius 3 is 2.76 bits per heavy atom. The Labute approximate surface area is 200 Å². The van der Waals surface area contributed by atoms with Crippen LogP contribution >= 0.6 is 0 Å². The molecular formula is C28H43FN4. The SMILES string of the molecule is C=CN=C(C=C)CCNC(C)C1CC/C(C)=C/C2C(C=NN2/C(C)=C/C=C(\C)F)C[C@@H]1CC. The van der Waals surface area contributed by atoms with Crippen molar-refractivity contribution >= 4 is 11.9 Å². The van der Waals surface area contributed by atoms with E-state index in [2.05, 4.69) is 61.5 Å². The van der Waals surface area contributed by atoms with Crippen molar-refractivity contribution in [3.63, 3.8) is 0 Å². The van der Waals surface area contributed by atoms with Crippen molar-refractivity contribution in [2.24, 2.45) is 27.8 Å². The van der Waals surface area contributed by atoms with E-state index in [1.54, 1.807) is 6.20 Å². The minimum atomic E-state index is -0.193. The lowest BCUT2D eigenvalue weighted by Crippen LogP contribution is -2.39. The number of fused-ring (bicyclic) bond motifs is 1. The highest BCUT2D eigenvalue weighted by Crippen LogP contribution is 2.37. The summed E-state index contributed by atoms with van der Waals surface area (Å²) in [6.07, 6.45) is 16.6. The van der Waals surface area contributed by atoms with Crippen LogP contribution in [0.1, 0.15) is 66.7 Å². The molecule has 1 aliphatic carbocycles. The number of aliphatic imine (C=N–C) groups is 1. The minimum absolute atomic E-state index is 0.193. The van der Waals surface area contributed by atoms with Gasteiger partial charge in [-0.15, -0.1) is 0 Å². The molecule has 4 nitrogen and oxygen atoms in total. The van der Waals surface area contributed by atoms with Gasteiger partial charge >= 0.3 is 0 Å². The lowest BCUT2D eigenvalue weighted by Gasteiger charge is -2.34. The molecule has 2 aliphatic rings. The van der Waals surface area contributed by atoms with Crippen LogP contribution in [0.2, 0.25) is 0 Å². The Morgan fingerprint density at radius 2 is 2.12 bits per heavy atom. The van der Waals surface area contributed by atoms with Crippen molar-refractivity contribution in [1.82, 2.24) is 10.3 Å². The van der Waals surface area contributed by atoms with Crippen LogP contribution in [-0.2, 0) is 0 Å². The molecule has 0 aromatic heterocycles. The lowest BCUT2D eigenvalue weighted by atomic mass is 9.76. The fourth-order valence-electron chi connectivity index (χ4n) is 5.11. The van der Waals surface area contributed by atoms with Gasteiger partial charge in [0.25, 0.3) is 0 Å².